The van der Waals surface area contributed by atoms with Crippen LogP contribution in [0.5, 0.6) is 5.75 Å². The van der Waals surface area contributed by atoms with Gasteiger partial charge in [-0.05, 0) is 29.8 Å². The lowest BCUT2D eigenvalue weighted by atomic mass is 10.0. The summed E-state index contributed by atoms with van der Waals surface area (Å²) in [6.07, 6.45) is 5.27. The molecular weight excluding hydrogens is 405 g/mol. The first-order chi connectivity index (χ1) is 14.2. The molecule has 4 nitrogen and oxygen atoms in total. The van der Waals surface area contributed by atoms with Crippen molar-refractivity contribution < 1.29 is 4.74 Å². The minimum absolute atomic E-state index is 0.433. The van der Waals surface area contributed by atoms with Crippen molar-refractivity contribution in [3.8, 4) is 17.6 Å². The van der Waals surface area contributed by atoms with Gasteiger partial charge in [0.15, 0.2) is 0 Å². The highest BCUT2D eigenvalue weighted by molar-refractivity contribution is 6.35. The molecule has 29 heavy (non-hydrogen) atoms. The van der Waals surface area contributed by atoms with E-state index in [4.69, 9.17) is 27.9 Å². The van der Waals surface area contributed by atoms with Crippen LogP contribution >= 0.6 is 23.2 Å². The molecule has 6 heteroatoms. The largest absolute Gasteiger partial charge is 0.495 e. The van der Waals surface area contributed by atoms with Crippen molar-refractivity contribution in [1.29, 1.82) is 0 Å². The van der Waals surface area contributed by atoms with E-state index in [1.54, 1.807) is 25.7 Å². The molecule has 0 saturated heterocycles. The maximum absolute atomic E-state index is 6.29. The van der Waals surface area contributed by atoms with Crippen LogP contribution in [0.25, 0.3) is 10.8 Å². The van der Waals surface area contributed by atoms with Crippen molar-refractivity contribution >= 4 is 34.0 Å². The predicted molar refractivity (Wildman–Crippen MR) is 116 cm³/mol. The molecular formula is C23H15Cl2N3O. The van der Waals surface area contributed by atoms with Crippen LogP contribution in [0.2, 0.25) is 10.0 Å². The van der Waals surface area contributed by atoms with E-state index in [0.717, 1.165) is 33.2 Å². The van der Waals surface area contributed by atoms with E-state index < -0.39 is 0 Å². The Morgan fingerprint density at radius 2 is 1.66 bits per heavy atom. The fourth-order valence-corrected chi connectivity index (χ4v) is 3.55. The van der Waals surface area contributed by atoms with Crippen molar-refractivity contribution in [2.75, 3.05) is 7.11 Å². The first-order valence-corrected chi connectivity index (χ1v) is 9.59. The fraction of sp³-hybridized carbons (Fsp3) is 0.0870. The minimum atomic E-state index is 0.433. The predicted octanol–water partition coefficient (Wildman–Crippen LogP) is 5.33. The molecule has 4 rings (SSSR count). The molecule has 2 aromatic carbocycles. The first-order valence-electron chi connectivity index (χ1n) is 8.83. The average molecular weight is 420 g/mol. The molecule has 4 aromatic rings. The summed E-state index contributed by atoms with van der Waals surface area (Å²) in [5.74, 6) is 7.10. The van der Waals surface area contributed by atoms with Gasteiger partial charge in [-0.15, -0.1) is 0 Å². The zero-order valence-electron chi connectivity index (χ0n) is 15.5. The highest BCUT2D eigenvalue weighted by atomic mass is 35.5. The topological polar surface area (TPSA) is 47.9 Å². The Hall–Kier alpha value is -3.13. The summed E-state index contributed by atoms with van der Waals surface area (Å²) in [5, 5.41) is 11.3. The highest BCUT2D eigenvalue weighted by Crippen LogP contribution is 2.31. The van der Waals surface area contributed by atoms with Crippen LogP contribution in [0.3, 0.4) is 0 Å². The van der Waals surface area contributed by atoms with Crippen LogP contribution in [-0.4, -0.2) is 22.3 Å². The number of nitrogens with zero attached hydrogens (tertiary/aromatic N) is 3. The molecule has 0 aliphatic carbocycles. The van der Waals surface area contributed by atoms with E-state index in [0.29, 0.717) is 22.2 Å². The quantitative estimate of drug-likeness (QED) is 0.421. The van der Waals surface area contributed by atoms with E-state index in [1.165, 1.54) is 0 Å². The standard InChI is InChI=1S/C23H15Cl2N3O/c1-29-23-10-9-16-19(17(23)8-7-15-5-3-2-4-6-15)12-27-28-22(16)11-18-20(24)13-26-14-21(18)25/h2-6,9-10,12-14H,11H2,1H3. The highest BCUT2D eigenvalue weighted by Gasteiger charge is 2.14. The van der Waals surface area contributed by atoms with Gasteiger partial charge in [-0.2, -0.15) is 10.2 Å². The fourth-order valence-electron chi connectivity index (χ4n) is 3.06. The minimum Gasteiger partial charge on any atom is -0.495 e. The Morgan fingerprint density at radius 3 is 2.38 bits per heavy atom. The molecule has 2 aromatic heterocycles. The zero-order valence-corrected chi connectivity index (χ0v) is 17.0. The molecule has 0 aliphatic rings. The van der Waals surface area contributed by atoms with Crippen molar-refractivity contribution in [2.45, 2.75) is 6.42 Å². The maximum atomic E-state index is 6.29. The van der Waals surface area contributed by atoms with E-state index in [9.17, 15) is 0 Å². The lowest BCUT2D eigenvalue weighted by Crippen LogP contribution is -2.00. The van der Waals surface area contributed by atoms with Crippen LogP contribution < -0.4 is 4.74 Å². The number of aromatic nitrogens is 3. The molecule has 2 heterocycles. The van der Waals surface area contributed by atoms with Gasteiger partial charge >= 0.3 is 0 Å². The second-order valence-electron chi connectivity index (χ2n) is 6.27. The van der Waals surface area contributed by atoms with Crippen LogP contribution in [0.1, 0.15) is 22.4 Å². The molecule has 0 amide bonds. The van der Waals surface area contributed by atoms with Gasteiger partial charge in [-0.25, -0.2) is 0 Å². The number of fused-ring (bicyclic) bond motifs is 1. The average Bonchev–Trinajstić information content (AvgIpc) is 2.75. The van der Waals surface area contributed by atoms with Crippen LogP contribution in [0.4, 0.5) is 0 Å². The summed E-state index contributed by atoms with van der Waals surface area (Å²) < 4.78 is 5.54. The molecule has 0 N–H and O–H groups in total. The Kier molecular flexibility index (Phi) is 5.62. The van der Waals surface area contributed by atoms with Crippen molar-refractivity contribution in [3.05, 3.63) is 93.5 Å². The number of rotatable bonds is 3. The van der Waals surface area contributed by atoms with E-state index in [2.05, 4.69) is 27.0 Å². The number of methoxy groups -OCH3 is 1. The van der Waals surface area contributed by atoms with E-state index in [-0.39, 0.29) is 0 Å². The summed E-state index contributed by atoms with van der Waals surface area (Å²) in [6, 6.07) is 13.6. The SMILES string of the molecule is COc1ccc2c(Cc3c(Cl)cncc3Cl)nncc2c1C#Cc1ccccc1. The number of hydrogen-bond donors (Lipinski definition) is 0. The van der Waals surface area contributed by atoms with Crippen LogP contribution in [-0.2, 0) is 6.42 Å². The van der Waals surface area contributed by atoms with Gasteiger partial charge in [-0.1, -0.05) is 53.2 Å². The molecule has 0 atom stereocenters. The van der Waals surface area contributed by atoms with Crippen molar-refractivity contribution in [3.63, 3.8) is 0 Å². The molecule has 142 valence electrons. The monoisotopic (exact) mass is 419 g/mol. The van der Waals surface area contributed by atoms with Crippen molar-refractivity contribution in [1.82, 2.24) is 15.2 Å². The van der Waals surface area contributed by atoms with Gasteiger partial charge in [0.1, 0.15) is 5.75 Å². The molecule has 0 spiro atoms. The van der Waals surface area contributed by atoms with Crippen LogP contribution in [0, 0.1) is 11.8 Å². The Bertz CT molecular complexity index is 1230. The lowest BCUT2D eigenvalue weighted by Gasteiger charge is -2.11. The van der Waals surface area contributed by atoms with Gasteiger partial charge in [0, 0.05) is 35.2 Å². The summed E-state index contributed by atoms with van der Waals surface area (Å²) in [5.41, 5.74) is 3.20. The molecule has 0 fully saturated rings. The Balaban J connectivity index is 1.85. The number of hydrogen-bond acceptors (Lipinski definition) is 4. The zero-order chi connectivity index (χ0) is 20.2. The second kappa shape index (κ2) is 8.48. The summed E-state index contributed by atoms with van der Waals surface area (Å²) in [6.45, 7) is 0. The summed E-state index contributed by atoms with van der Waals surface area (Å²) in [7, 11) is 1.63. The van der Waals surface area contributed by atoms with Gasteiger partial charge in [0.25, 0.3) is 0 Å². The summed E-state index contributed by atoms with van der Waals surface area (Å²) >= 11 is 12.6. The molecule has 0 bridgehead atoms. The number of ether oxygens (including phenoxy) is 1. The number of benzene rings is 2. The van der Waals surface area contributed by atoms with Gasteiger partial charge in [0.2, 0.25) is 0 Å². The van der Waals surface area contributed by atoms with Crippen LogP contribution in [0.15, 0.2) is 61.1 Å². The Labute approximate surface area is 178 Å². The summed E-state index contributed by atoms with van der Waals surface area (Å²) in [4.78, 5) is 4.00. The number of pyridine rings is 1. The molecule has 0 unspecified atom stereocenters. The van der Waals surface area contributed by atoms with Gasteiger partial charge < -0.3 is 4.74 Å². The third-order valence-electron chi connectivity index (χ3n) is 4.51. The Morgan fingerprint density at radius 1 is 0.897 bits per heavy atom. The first kappa shape index (κ1) is 19.2. The third-order valence-corrected chi connectivity index (χ3v) is 5.16. The van der Waals surface area contributed by atoms with E-state index >= 15 is 0 Å². The lowest BCUT2D eigenvalue weighted by molar-refractivity contribution is 0.414. The third kappa shape index (κ3) is 4.02. The molecule has 0 aliphatic heterocycles. The van der Waals surface area contributed by atoms with Gasteiger partial charge in [-0.3, -0.25) is 4.98 Å². The molecule has 0 saturated carbocycles. The number of halogens is 2. The van der Waals surface area contributed by atoms with Gasteiger partial charge in [0.05, 0.1) is 34.6 Å². The normalized spacial score (nSPS) is 10.4. The smallest absolute Gasteiger partial charge is 0.135 e. The maximum Gasteiger partial charge on any atom is 0.135 e. The second-order valence-corrected chi connectivity index (χ2v) is 7.08. The van der Waals surface area contributed by atoms with Crippen molar-refractivity contribution in [2.24, 2.45) is 0 Å². The molecule has 0 radical (unpaired) electrons. The van der Waals surface area contributed by atoms with E-state index in [1.807, 2.05) is 42.5 Å².